The van der Waals surface area contributed by atoms with E-state index in [1.807, 2.05) is 0 Å². The molecule has 25 heavy (non-hydrogen) atoms. The van der Waals surface area contributed by atoms with E-state index >= 15 is 0 Å². The lowest BCUT2D eigenvalue weighted by Crippen LogP contribution is -2.35. The second-order valence-electron chi connectivity index (χ2n) is 5.14. The van der Waals surface area contributed by atoms with Crippen molar-refractivity contribution in [3.8, 4) is 0 Å². The molecule has 0 unspecified atom stereocenters. The van der Waals surface area contributed by atoms with Crippen molar-refractivity contribution in [3.63, 3.8) is 0 Å². The van der Waals surface area contributed by atoms with Gasteiger partial charge in [0.15, 0.2) is 0 Å². The number of nitrogens with one attached hydrogen (secondary N) is 2. The number of aryl methyl sites for hydroxylation is 1. The lowest BCUT2D eigenvalue weighted by atomic mass is 10.2. The van der Waals surface area contributed by atoms with Gasteiger partial charge in [0.2, 0.25) is 11.6 Å². The Kier molecular flexibility index (Phi) is 5.60. The summed E-state index contributed by atoms with van der Waals surface area (Å²) in [6, 6.07) is 4.53. The summed E-state index contributed by atoms with van der Waals surface area (Å²) in [5.74, 6) is -1.26. The number of likely N-dealkylation sites (N-methyl/N-ethyl adjacent to an activating group) is 1. The number of aromatic nitrogens is 2. The first-order valence-corrected chi connectivity index (χ1v) is 7.66. The fourth-order valence-corrected chi connectivity index (χ4v) is 2.34. The highest BCUT2D eigenvalue weighted by atomic mass is 35.5. The number of benzene rings is 1. The Hall–Kier alpha value is -2.65. The Morgan fingerprint density at radius 2 is 2.04 bits per heavy atom. The van der Waals surface area contributed by atoms with Crippen LogP contribution in [0.25, 0.3) is 0 Å². The molecule has 0 bridgehead atoms. The third kappa shape index (κ3) is 4.25. The van der Waals surface area contributed by atoms with E-state index in [-0.39, 0.29) is 23.0 Å². The predicted molar refractivity (Wildman–Crippen MR) is 92.0 cm³/mol. The lowest BCUT2D eigenvalue weighted by molar-refractivity contribution is -0.385. The Balaban J connectivity index is 2.07. The molecule has 1 heterocycles. The van der Waals surface area contributed by atoms with Crippen LogP contribution in [0.2, 0.25) is 10.0 Å². The number of nitrogens with zero attached hydrogens (tertiary/aromatic N) is 3. The zero-order valence-corrected chi connectivity index (χ0v) is 14.7. The quantitative estimate of drug-likeness (QED) is 0.604. The number of nitro groups is 1. The highest BCUT2D eigenvalue weighted by molar-refractivity contribution is 6.42. The van der Waals surface area contributed by atoms with E-state index in [9.17, 15) is 19.7 Å². The van der Waals surface area contributed by atoms with Crippen molar-refractivity contribution in [1.82, 2.24) is 15.1 Å². The first kappa shape index (κ1) is 18.7. The van der Waals surface area contributed by atoms with E-state index < -0.39 is 22.4 Å². The maximum absolute atomic E-state index is 12.3. The monoisotopic (exact) mass is 385 g/mol. The first-order chi connectivity index (χ1) is 11.7. The Labute approximate surface area is 152 Å². The maximum atomic E-state index is 12.3. The Morgan fingerprint density at radius 1 is 1.36 bits per heavy atom. The van der Waals surface area contributed by atoms with E-state index in [0.29, 0.717) is 10.7 Å². The average molecular weight is 386 g/mol. The number of hydrogen-bond acceptors (Lipinski definition) is 5. The van der Waals surface area contributed by atoms with Gasteiger partial charge in [0.05, 0.1) is 21.5 Å². The molecule has 2 amide bonds. The molecule has 9 nitrogen and oxygen atoms in total. The smallest absolute Gasteiger partial charge is 0.322 e. The van der Waals surface area contributed by atoms with Gasteiger partial charge < -0.3 is 10.2 Å². The SMILES string of the molecule is Cc1[nH]nc(C(=O)N(C)CC(=O)Nc2ccc(Cl)c(Cl)c2)c1[N+](=O)[O-]. The van der Waals surface area contributed by atoms with Crippen molar-refractivity contribution >= 4 is 46.4 Å². The number of H-pyrrole nitrogens is 1. The van der Waals surface area contributed by atoms with Crippen molar-refractivity contribution in [1.29, 1.82) is 0 Å². The fraction of sp³-hybridized carbons (Fsp3) is 0.214. The zero-order chi connectivity index (χ0) is 18.7. The summed E-state index contributed by atoms with van der Waals surface area (Å²) in [4.78, 5) is 35.7. The Morgan fingerprint density at radius 3 is 2.64 bits per heavy atom. The van der Waals surface area contributed by atoms with Crippen LogP contribution >= 0.6 is 23.2 Å². The van der Waals surface area contributed by atoms with E-state index in [1.165, 1.54) is 26.1 Å². The van der Waals surface area contributed by atoms with E-state index in [2.05, 4.69) is 15.5 Å². The van der Waals surface area contributed by atoms with Crippen LogP contribution in [0.4, 0.5) is 11.4 Å². The number of anilines is 1. The average Bonchev–Trinajstić information content (AvgIpc) is 2.91. The van der Waals surface area contributed by atoms with Gasteiger partial charge in [-0.15, -0.1) is 0 Å². The van der Waals surface area contributed by atoms with Gasteiger partial charge in [-0.3, -0.25) is 24.8 Å². The number of halogens is 2. The molecule has 0 aliphatic carbocycles. The van der Waals surface area contributed by atoms with Crippen LogP contribution in [0.5, 0.6) is 0 Å². The van der Waals surface area contributed by atoms with E-state index in [1.54, 1.807) is 6.07 Å². The van der Waals surface area contributed by atoms with Crippen LogP contribution in [-0.4, -0.2) is 45.4 Å². The minimum absolute atomic E-state index is 0.155. The van der Waals surface area contributed by atoms with Gasteiger partial charge in [-0.25, -0.2) is 0 Å². The molecule has 0 spiro atoms. The molecule has 0 saturated heterocycles. The van der Waals surface area contributed by atoms with Crippen molar-refractivity contribution in [2.75, 3.05) is 18.9 Å². The predicted octanol–water partition coefficient (Wildman–Crippen LogP) is 2.64. The summed E-state index contributed by atoms with van der Waals surface area (Å²) in [5.41, 5.74) is -0.210. The number of carbonyl (C=O) groups excluding carboxylic acids is 2. The van der Waals surface area contributed by atoms with Crippen LogP contribution in [-0.2, 0) is 4.79 Å². The molecule has 132 valence electrons. The van der Waals surface area contributed by atoms with Crippen LogP contribution in [0, 0.1) is 17.0 Å². The molecular formula is C14H13Cl2N5O4. The van der Waals surface area contributed by atoms with Gasteiger partial charge in [-0.05, 0) is 25.1 Å². The minimum atomic E-state index is -0.750. The molecule has 0 saturated carbocycles. The molecule has 0 radical (unpaired) electrons. The van der Waals surface area contributed by atoms with Crippen LogP contribution < -0.4 is 5.32 Å². The molecule has 2 aromatic rings. The molecule has 0 atom stereocenters. The largest absolute Gasteiger partial charge is 0.331 e. The fourth-order valence-electron chi connectivity index (χ4n) is 2.04. The molecule has 2 rings (SSSR count). The van der Waals surface area contributed by atoms with Crippen molar-refractivity contribution < 1.29 is 14.5 Å². The molecule has 0 aliphatic rings. The third-order valence-corrected chi connectivity index (χ3v) is 3.97. The van der Waals surface area contributed by atoms with Crippen molar-refractivity contribution in [2.24, 2.45) is 0 Å². The van der Waals surface area contributed by atoms with Crippen molar-refractivity contribution in [2.45, 2.75) is 6.92 Å². The van der Waals surface area contributed by atoms with Gasteiger partial charge in [-0.2, -0.15) is 5.10 Å². The minimum Gasteiger partial charge on any atom is -0.331 e. The summed E-state index contributed by atoms with van der Waals surface area (Å²) in [5, 5.41) is 20.2. The molecule has 2 N–H and O–H groups in total. The second-order valence-corrected chi connectivity index (χ2v) is 5.96. The molecule has 0 aliphatic heterocycles. The van der Waals surface area contributed by atoms with Gasteiger partial charge in [0.1, 0.15) is 5.69 Å². The number of aromatic amines is 1. The summed E-state index contributed by atoms with van der Waals surface area (Å²) in [7, 11) is 1.34. The van der Waals surface area contributed by atoms with Crippen LogP contribution in [0.1, 0.15) is 16.2 Å². The summed E-state index contributed by atoms with van der Waals surface area (Å²) in [6.07, 6.45) is 0. The van der Waals surface area contributed by atoms with E-state index in [4.69, 9.17) is 23.2 Å². The maximum Gasteiger partial charge on any atom is 0.322 e. The van der Waals surface area contributed by atoms with Crippen LogP contribution in [0.15, 0.2) is 18.2 Å². The number of amides is 2. The topological polar surface area (TPSA) is 121 Å². The highest BCUT2D eigenvalue weighted by Crippen LogP contribution is 2.25. The van der Waals surface area contributed by atoms with Gasteiger partial charge in [0, 0.05) is 12.7 Å². The normalized spacial score (nSPS) is 10.4. The lowest BCUT2D eigenvalue weighted by Gasteiger charge is -2.15. The van der Waals surface area contributed by atoms with E-state index in [0.717, 1.165) is 4.90 Å². The van der Waals surface area contributed by atoms with Crippen LogP contribution in [0.3, 0.4) is 0 Å². The number of carbonyl (C=O) groups is 2. The molecule has 0 fully saturated rings. The van der Waals surface area contributed by atoms with Crippen molar-refractivity contribution in [3.05, 3.63) is 49.7 Å². The summed E-state index contributed by atoms with van der Waals surface area (Å²) < 4.78 is 0. The second kappa shape index (κ2) is 7.49. The first-order valence-electron chi connectivity index (χ1n) is 6.90. The standard InChI is InChI=1S/C14H13Cl2N5O4/c1-7-13(21(24)25)12(19-18-7)14(23)20(2)6-11(22)17-8-3-4-9(15)10(16)5-8/h3-5H,6H2,1-2H3,(H,17,22)(H,18,19). The zero-order valence-electron chi connectivity index (χ0n) is 13.2. The van der Waals surface area contributed by atoms with Gasteiger partial charge >= 0.3 is 5.69 Å². The van der Waals surface area contributed by atoms with Gasteiger partial charge in [0.25, 0.3) is 5.91 Å². The molecule has 1 aromatic carbocycles. The molecule has 11 heteroatoms. The van der Waals surface area contributed by atoms with Gasteiger partial charge in [-0.1, -0.05) is 23.2 Å². The summed E-state index contributed by atoms with van der Waals surface area (Å²) >= 11 is 11.7. The number of rotatable bonds is 5. The Bertz CT molecular complexity index is 852. The molecular weight excluding hydrogens is 373 g/mol. The molecule has 1 aromatic heterocycles. The third-order valence-electron chi connectivity index (χ3n) is 3.23. The summed E-state index contributed by atoms with van der Waals surface area (Å²) in [6.45, 7) is 1.10. The highest BCUT2D eigenvalue weighted by Gasteiger charge is 2.29. The number of hydrogen-bond donors (Lipinski definition) is 2.